The van der Waals surface area contributed by atoms with Gasteiger partial charge in [-0.1, -0.05) is 0 Å². The maximum atomic E-state index is 10.5. The van der Waals surface area contributed by atoms with Gasteiger partial charge in [-0.2, -0.15) is 0 Å². The summed E-state index contributed by atoms with van der Waals surface area (Å²) in [6.45, 7) is 2.38. The Bertz CT molecular complexity index is 203. The van der Waals surface area contributed by atoms with Gasteiger partial charge >= 0.3 is 0 Å². The number of nitrogens with two attached hydrogens (primary N) is 1. The topological polar surface area (TPSA) is 55.4 Å². The normalized spacial score (nSPS) is 17.0. The van der Waals surface area contributed by atoms with Crippen LogP contribution in [0.5, 0.6) is 0 Å². The second kappa shape index (κ2) is 2.01. The van der Waals surface area contributed by atoms with E-state index in [-0.39, 0.29) is 5.91 Å². The fourth-order valence-corrected chi connectivity index (χ4v) is 0.786. The van der Waals surface area contributed by atoms with E-state index in [2.05, 4.69) is 4.99 Å². The van der Waals surface area contributed by atoms with Gasteiger partial charge in [0.2, 0.25) is 5.91 Å². The van der Waals surface area contributed by atoms with Crippen molar-refractivity contribution in [1.82, 2.24) is 0 Å². The van der Waals surface area contributed by atoms with Gasteiger partial charge in [0.1, 0.15) is 0 Å². The Morgan fingerprint density at radius 1 is 1.89 bits per heavy atom. The van der Waals surface area contributed by atoms with Crippen LogP contribution in [-0.4, -0.2) is 18.2 Å². The molecule has 0 saturated heterocycles. The number of amides is 1. The molecule has 3 nitrogen and oxygen atoms in total. The van der Waals surface area contributed by atoms with Gasteiger partial charge < -0.3 is 5.73 Å². The van der Waals surface area contributed by atoms with Crippen molar-refractivity contribution < 1.29 is 4.79 Å². The third-order valence-electron chi connectivity index (χ3n) is 1.28. The summed E-state index contributed by atoms with van der Waals surface area (Å²) in [5, 5.41) is 0. The number of carbonyl (C=O) groups is 1. The molecule has 0 atom stereocenters. The van der Waals surface area contributed by atoms with E-state index in [0.717, 1.165) is 5.71 Å². The Hall–Kier alpha value is -1.12. The predicted molar refractivity (Wildman–Crippen MR) is 35.3 cm³/mol. The highest BCUT2D eigenvalue weighted by atomic mass is 16.1. The molecular weight excluding hydrogens is 116 g/mol. The van der Waals surface area contributed by atoms with E-state index in [1.54, 1.807) is 13.0 Å². The summed E-state index contributed by atoms with van der Waals surface area (Å²) in [7, 11) is 0. The molecule has 0 radical (unpaired) electrons. The molecule has 0 aromatic heterocycles. The number of aliphatic imine (C=N–C) groups is 1. The second-order valence-corrected chi connectivity index (χ2v) is 1.91. The fourth-order valence-electron chi connectivity index (χ4n) is 0.786. The van der Waals surface area contributed by atoms with Gasteiger partial charge in [0, 0.05) is 5.71 Å². The smallest absolute Gasteiger partial charge is 0.250 e. The van der Waals surface area contributed by atoms with Crippen LogP contribution in [0, 0.1) is 0 Å². The van der Waals surface area contributed by atoms with Crippen LogP contribution in [0.25, 0.3) is 0 Å². The maximum absolute atomic E-state index is 10.5. The van der Waals surface area contributed by atoms with Crippen molar-refractivity contribution >= 4 is 11.6 Å². The minimum absolute atomic E-state index is 0.381. The predicted octanol–water partition coefficient (Wildman–Crippen LogP) is -0.127. The molecule has 0 fully saturated rings. The molecule has 2 N–H and O–H groups in total. The largest absolute Gasteiger partial charge is 0.366 e. The zero-order chi connectivity index (χ0) is 6.85. The molecule has 1 rings (SSSR count). The van der Waals surface area contributed by atoms with Gasteiger partial charge in [-0.25, -0.2) is 0 Å². The molecule has 1 heterocycles. The zero-order valence-corrected chi connectivity index (χ0v) is 5.22. The number of hydrogen-bond acceptors (Lipinski definition) is 2. The zero-order valence-electron chi connectivity index (χ0n) is 5.22. The molecule has 0 aromatic carbocycles. The van der Waals surface area contributed by atoms with Crippen molar-refractivity contribution in [2.24, 2.45) is 10.7 Å². The molecule has 1 amide bonds. The van der Waals surface area contributed by atoms with Crippen molar-refractivity contribution in [2.45, 2.75) is 6.92 Å². The lowest BCUT2D eigenvalue weighted by atomic mass is 10.2. The SMILES string of the molecule is CC1=NCC=C1C(N)=O. The third-order valence-corrected chi connectivity index (χ3v) is 1.28. The summed E-state index contributed by atoms with van der Waals surface area (Å²) in [4.78, 5) is 14.4. The van der Waals surface area contributed by atoms with E-state index in [4.69, 9.17) is 5.73 Å². The summed E-state index contributed by atoms with van der Waals surface area (Å²) >= 11 is 0. The van der Waals surface area contributed by atoms with Crippen LogP contribution in [0.2, 0.25) is 0 Å². The van der Waals surface area contributed by atoms with E-state index < -0.39 is 0 Å². The van der Waals surface area contributed by atoms with Crippen molar-refractivity contribution in [1.29, 1.82) is 0 Å². The second-order valence-electron chi connectivity index (χ2n) is 1.91. The molecule has 0 saturated carbocycles. The summed E-state index contributed by atoms with van der Waals surface area (Å²) in [5.41, 5.74) is 6.32. The molecule has 0 spiro atoms. The Kier molecular flexibility index (Phi) is 1.34. The molecule has 1 aliphatic rings. The van der Waals surface area contributed by atoms with Crippen LogP contribution >= 0.6 is 0 Å². The Morgan fingerprint density at radius 2 is 2.56 bits per heavy atom. The number of rotatable bonds is 1. The van der Waals surface area contributed by atoms with Crippen LogP contribution in [0.3, 0.4) is 0 Å². The molecule has 48 valence electrons. The highest BCUT2D eigenvalue weighted by Gasteiger charge is 2.10. The lowest BCUT2D eigenvalue weighted by Crippen LogP contribution is -2.17. The summed E-state index contributed by atoms with van der Waals surface area (Å²) in [5.74, 6) is -0.381. The average molecular weight is 124 g/mol. The van der Waals surface area contributed by atoms with Gasteiger partial charge in [-0.15, -0.1) is 0 Å². The number of carbonyl (C=O) groups excluding carboxylic acids is 1. The molecule has 0 unspecified atom stereocenters. The highest BCUT2D eigenvalue weighted by Crippen LogP contribution is 2.03. The molecule has 0 bridgehead atoms. The van der Waals surface area contributed by atoms with Crippen LogP contribution in [0.1, 0.15) is 6.92 Å². The van der Waals surface area contributed by atoms with Gasteiger partial charge in [-0.3, -0.25) is 9.79 Å². The van der Waals surface area contributed by atoms with E-state index in [1.807, 2.05) is 0 Å². The Morgan fingerprint density at radius 3 is 2.78 bits per heavy atom. The van der Waals surface area contributed by atoms with E-state index in [1.165, 1.54) is 0 Å². The van der Waals surface area contributed by atoms with Gasteiger partial charge in [0.25, 0.3) is 0 Å². The Labute approximate surface area is 53.3 Å². The summed E-state index contributed by atoms with van der Waals surface area (Å²) in [6.07, 6.45) is 1.73. The minimum Gasteiger partial charge on any atom is -0.366 e. The van der Waals surface area contributed by atoms with Crippen LogP contribution in [-0.2, 0) is 4.79 Å². The van der Waals surface area contributed by atoms with Crippen molar-refractivity contribution in [3.05, 3.63) is 11.6 Å². The average Bonchev–Trinajstić information content (AvgIpc) is 2.13. The van der Waals surface area contributed by atoms with Crippen LogP contribution < -0.4 is 5.73 Å². The van der Waals surface area contributed by atoms with Gasteiger partial charge in [0.05, 0.1) is 12.1 Å². The van der Waals surface area contributed by atoms with Crippen molar-refractivity contribution in [3.63, 3.8) is 0 Å². The van der Waals surface area contributed by atoms with Crippen LogP contribution in [0.4, 0.5) is 0 Å². The van der Waals surface area contributed by atoms with Crippen molar-refractivity contribution in [2.75, 3.05) is 6.54 Å². The minimum atomic E-state index is -0.381. The first-order chi connectivity index (χ1) is 4.22. The first-order valence-corrected chi connectivity index (χ1v) is 2.73. The molecule has 3 heteroatoms. The standard InChI is InChI=1S/C6H8N2O/c1-4-5(6(7)9)2-3-8-4/h2H,3H2,1H3,(H2,7,9). The lowest BCUT2D eigenvalue weighted by Gasteiger charge is -1.92. The number of nitrogens with zero attached hydrogens (tertiary/aromatic N) is 1. The molecule has 1 aliphatic heterocycles. The van der Waals surface area contributed by atoms with Crippen molar-refractivity contribution in [3.8, 4) is 0 Å². The van der Waals surface area contributed by atoms with E-state index in [9.17, 15) is 4.79 Å². The van der Waals surface area contributed by atoms with E-state index in [0.29, 0.717) is 12.1 Å². The van der Waals surface area contributed by atoms with Gasteiger partial charge in [-0.05, 0) is 13.0 Å². The van der Waals surface area contributed by atoms with Gasteiger partial charge in [0.15, 0.2) is 0 Å². The third kappa shape index (κ3) is 0.988. The maximum Gasteiger partial charge on any atom is 0.250 e. The summed E-state index contributed by atoms with van der Waals surface area (Å²) < 4.78 is 0. The molecule has 9 heavy (non-hydrogen) atoms. The monoisotopic (exact) mass is 124 g/mol. The lowest BCUT2D eigenvalue weighted by molar-refractivity contribution is -0.114. The van der Waals surface area contributed by atoms with Crippen LogP contribution in [0.15, 0.2) is 16.6 Å². The first kappa shape index (κ1) is 6.01. The Balaban J connectivity index is 2.84. The number of hydrogen-bond donors (Lipinski definition) is 1. The summed E-state index contributed by atoms with van der Waals surface area (Å²) in [6, 6.07) is 0. The molecule has 0 aromatic rings. The van der Waals surface area contributed by atoms with E-state index >= 15 is 0 Å². The quantitative estimate of drug-likeness (QED) is 0.520. The first-order valence-electron chi connectivity index (χ1n) is 2.73. The molecular formula is C6H8N2O. The fraction of sp³-hybridized carbons (Fsp3) is 0.333. The highest BCUT2D eigenvalue weighted by molar-refractivity contribution is 6.21. The molecule has 0 aliphatic carbocycles. The number of primary amides is 1.